The molecular weight excluding hydrogens is 212 g/mol. The van der Waals surface area contributed by atoms with Crippen molar-refractivity contribution in [1.29, 1.82) is 0 Å². The van der Waals surface area contributed by atoms with Crippen LogP contribution in [-0.4, -0.2) is 39.3 Å². The second kappa shape index (κ2) is 4.58. The molecule has 0 saturated carbocycles. The molecule has 1 aromatic rings. The molecular formula is C9H14N4O3. The number of hydrogen-bond acceptors (Lipinski definition) is 5. The molecule has 1 fully saturated rings. The van der Waals surface area contributed by atoms with E-state index in [0.717, 1.165) is 12.8 Å². The van der Waals surface area contributed by atoms with Crippen molar-refractivity contribution in [2.45, 2.75) is 25.4 Å². The van der Waals surface area contributed by atoms with Crippen LogP contribution in [-0.2, 0) is 11.3 Å². The highest BCUT2D eigenvalue weighted by Gasteiger charge is 2.24. The van der Waals surface area contributed by atoms with Crippen molar-refractivity contribution in [3.05, 3.63) is 11.4 Å². The van der Waals surface area contributed by atoms with Gasteiger partial charge in [0, 0.05) is 19.8 Å². The Morgan fingerprint density at radius 2 is 2.25 bits per heavy atom. The average Bonchev–Trinajstić information content (AvgIpc) is 2.73. The standard InChI is InChI=1S/C9H14N4O3/c10-5-7-8(9(14)15)11-12-13(7)6-1-3-16-4-2-6/h6H,1-5,10H2,(H,14,15). The van der Waals surface area contributed by atoms with E-state index in [1.54, 1.807) is 4.68 Å². The Labute approximate surface area is 92.2 Å². The van der Waals surface area contributed by atoms with Crippen LogP contribution < -0.4 is 5.73 Å². The smallest absolute Gasteiger partial charge is 0.358 e. The van der Waals surface area contributed by atoms with Crippen LogP contribution in [0.15, 0.2) is 0 Å². The zero-order valence-corrected chi connectivity index (χ0v) is 8.80. The number of hydrogen-bond donors (Lipinski definition) is 2. The molecule has 88 valence electrons. The Morgan fingerprint density at radius 1 is 1.56 bits per heavy atom. The van der Waals surface area contributed by atoms with Gasteiger partial charge in [-0.25, -0.2) is 9.48 Å². The van der Waals surface area contributed by atoms with Gasteiger partial charge in [0.1, 0.15) is 0 Å². The fourth-order valence-corrected chi connectivity index (χ4v) is 1.89. The fraction of sp³-hybridized carbons (Fsp3) is 0.667. The zero-order valence-electron chi connectivity index (χ0n) is 8.80. The van der Waals surface area contributed by atoms with Crippen LogP contribution in [0.3, 0.4) is 0 Å². The van der Waals surface area contributed by atoms with Crippen LogP contribution in [0.1, 0.15) is 35.1 Å². The van der Waals surface area contributed by atoms with Gasteiger partial charge in [-0.2, -0.15) is 0 Å². The van der Waals surface area contributed by atoms with Gasteiger partial charge in [-0.15, -0.1) is 5.10 Å². The maximum atomic E-state index is 10.9. The van der Waals surface area contributed by atoms with Crippen molar-refractivity contribution in [2.24, 2.45) is 5.73 Å². The van der Waals surface area contributed by atoms with Gasteiger partial charge in [0.15, 0.2) is 5.69 Å². The van der Waals surface area contributed by atoms with Gasteiger partial charge < -0.3 is 15.6 Å². The maximum Gasteiger partial charge on any atom is 0.358 e. The SMILES string of the molecule is NCc1c(C(=O)O)nnn1C1CCOCC1. The second-order valence-corrected chi connectivity index (χ2v) is 3.68. The summed E-state index contributed by atoms with van der Waals surface area (Å²) in [5.41, 5.74) is 5.98. The number of carbonyl (C=O) groups is 1. The lowest BCUT2D eigenvalue weighted by Crippen LogP contribution is -2.23. The van der Waals surface area contributed by atoms with Crippen molar-refractivity contribution >= 4 is 5.97 Å². The summed E-state index contributed by atoms with van der Waals surface area (Å²) in [5.74, 6) is -1.08. The van der Waals surface area contributed by atoms with E-state index in [0.29, 0.717) is 18.9 Å². The zero-order chi connectivity index (χ0) is 11.5. The molecule has 0 unspecified atom stereocenters. The molecule has 2 rings (SSSR count). The quantitative estimate of drug-likeness (QED) is 0.739. The minimum absolute atomic E-state index is 0.0472. The Kier molecular flexibility index (Phi) is 3.16. The lowest BCUT2D eigenvalue weighted by molar-refractivity contribution is 0.0648. The van der Waals surface area contributed by atoms with Gasteiger partial charge in [0.25, 0.3) is 0 Å². The molecule has 7 heteroatoms. The van der Waals surface area contributed by atoms with Crippen LogP contribution in [0.25, 0.3) is 0 Å². The summed E-state index contributed by atoms with van der Waals surface area (Å²) in [5, 5.41) is 16.4. The molecule has 0 bridgehead atoms. The van der Waals surface area contributed by atoms with Gasteiger partial charge in [-0.1, -0.05) is 5.21 Å². The maximum absolute atomic E-state index is 10.9. The van der Waals surface area contributed by atoms with E-state index in [9.17, 15) is 4.79 Å². The van der Waals surface area contributed by atoms with Crippen LogP contribution in [0.4, 0.5) is 0 Å². The van der Waals surface area contributed by atoms with Gasteiger partial charge in [-0.05, 0) is 12.8 Å². The molecule has 16 heavy (non-hydrogen) atoms. The van der Waals surface area contributed by atoms with Crippen molar-refractivity contribution in [1.82, 2.24) is 15.0 Å². The molecule has 7 nitrogen and oxygen atoms in total. The molecule has 0 atom stereocenters. The first-order valence-corrected chi connectivity index (χ1v) is 5.19. The summed E-state index contributed by atoms with van der Waals surface area (Å²) < 4.78 is 6.87. The van der Waals surface area contributed by atoms with E-state index in [1.165, 1.54) is 0 Å². The number of aromatic nitrogens is 3. The number of nitrogens with zero attached hydrogens (tertiary/aromatic N) is 3. The minimum Gasteiger partial charge on any atom is -0.476 e. The van der Waals surface area contributed by atoms with Crippen LogP contribution in [0.5, 0.6) is 0 Å². The highest BCUT2D eigenvalue weighted by molar-refractivity contribution is 5.86. The first-order valence-electron chi connectivity index (χ1n) is 5.19. The molecule has 0 spiro atoms. The van der Waals surface area contributed by atoms with Crippen molar-refractivity contribution in [3.63, 3.8) is 0 Å². The molecule has 0 aliphatic carbocycles. The predicted octanol–water partition coefficient (Wildman–Crippen LogP) is -0.214. The highest BCUT2D eigenvalue weighted by Crippen LogP contribution is 2.22. The minimum atomic E-state index is -1.08. The largest absolute Gasteiger partial charge is 0.476 e. The monoisotopic (exact) mass is 226 g/mol. The number of aromatic carboxylic acids is 1. The second-order valence-electron chi connectivity index (χ2n) is 3.68. The van der Waals surface area contributed by atoms with Gasteiger partial charge in [0.2, 0.25) is 0 Å². The average molecular weight is 226 g/mol. The summed E-state index contributed by atoms with van der Waals surface area (Å²) in [4.78, 5) is 10.9. The van der Waals surface area contributed by atoms with Crippen molar-refractivity contribution in [2.75, 3.05) is 13.2 Å². The van der Waals surface area contributed by atoms with E-state index in [-0.39, 0.29) is 18.3 Å². The summed E-state index contributed by atoms with van der Waals surface area (Å²) >= 11 is 0. The van der Waals surface area contributed by atoms with Gasteiger partial charge >= 0.3 is 5.97 Å². The Balaban J connectivity index is 2.29. The van der Waals surface area contributed by atoms with Crippen molar-refractivity contribution < 1.29 is 14.6 Å². The predicted molar refractivity (Wildman–Crippen MR) is 54.0 cm³/mol. The number of carboxylic acid groups (broad SMARTS) is 1. The van der Waals surface area contributed by atoms with Gasteiger partial charge in [-0.3, -0.25) is 0 Å². The van der Waals surface area contributed by atoms with Gasteiger partial charge in [0.05, 0.1) is 11.7 Å². The highest BCUT2D eigenvalue weighted by atomic mass is 16.5. The van der Waals surface area contributed by atoms with E-state index < -0.39 is 5.97 Å². The van der Waals surface area contributed by atoms with E-state index in [4.69, 9.17) is 15.6 Å². The molecule has 3 N–H and O–H groups in total. The lowest BCUT2D eigenvalue weighted by Gasteiger charge is -2.23. The molecule has 1 saturated heterocycles. The summed E-state index contributed by atoms with van der Waals surface area (Å²) in [6, 6.07) is 0.146. The molecule has 0 amide bonds. The van der Waals surface area contributed by atoms with E-state index in [1.807, 2.05) is 0 Å². The van der Waals surface area contributed by atoms with E-state index >= 15 is 0 Å². The number of carboxylic acids is 1. The van der Waals surface area contributed by atoms with Crippen LogP contribution >= 0.6 is 0 Å². The molecule has 0 aromatic carbocycles. The lowest BCUT2D eigenvalue weighted by atomic mass is 10.1. The third-order valence-electron chi connectivity index (χ3n) is 2.72. The molecule has 1 aliphatic rings. The molecule has 1 aromatic heterocycles. The molecule has 0 radical (unpaired) electrons. The Hall–Kier alpha value is -1.47. The summed E-state index contributed by atoms with van der Waals surface area (Å²) in [6.07, 6.45) is 1.63. The third kappa shape index (κ3) is 1.91. The first kappa shape index (κ1) is 11.0. The topological polar surface area (TPSA) is 103 Å². The number of nitrogens with two attached hydrogens (primary N) is 1. The molecule has 2 heterocycles. The van der Waals surface area contributed by atoms with E-state index in [2.05, 4.69) is 10.3 Å². The summed E-state index contributed by atoms with van der Waals surface area (Å²) in [7, 11) is 0. The Morgan fingerprint density at radius 3 is 2.81 bits per heavy atom. The fourth-order valence-electron chi connectivity index (χ4n) is 1.89. The molecule has 1 aliphatic heterocycles. The summed E-state index contributed by atoms with van der Waals surface area (Å²) in [6.45, 7) is 1.46. The number of rotatable bonds is 3. The Bertz CT molecular complexity index is 384. The van der Waals surface area contributed by atoms with Crippen LogP contribution in [0, 0.1) is 0 Å². The normalized spacial score (nSPS) is 17.6. The first-order chi connectivity index (χ1) is 7.74. The van der Waals surface area contributed by atoms with Crippen LogP contribution in [0.2, 0.25) is 0 Å². The number of ether oxygens (including phenoxy) is 1. The third-order valence-corrected chi connectivity index (χ3v) is 2.72. The van der Waals surface area contributed by atoms with Crippen molar-refractivity contribution in [3.8, 4) is 0 Å².